The zero-order valence-corrected chi connectivity index (χ0v) is 11.6. The van der Waals surface area contributed by atoms with Gasteiger partial charge in [0.15, 0.2) is 0 Å². The highest BCUT2D eigenvalue weighted by Crippen LogP contribution is 2.13. The van der Waals surface area contributed by atoms with Gasteiger partial charge >= 0.3 is 0 Å². The average molecular weight is 260 g/mol. The maximum Gasteiger partial charge on any atom is 0.243 e. The zero-order chi connectivity index (χ0) is 13.8. The fourth-order valence-electron chi connectivity index (χ4n) is 2.22. The third-order valence-corrected chi connectivity index (χ3v) is 3.40. The van der Waals surface area contributed by atoms with Gasteiger partial charge in [0.05, 0.1) is 5.69 Å². The predicted octanol–water partition coefficient (Wildman–Crippen LogP) is 2.10. The normalized spacial score (nSPS) is 12.4. The van der Waals surface area contributed by atoms with Crippen molar-refractivity contribution in [1.29, 1.82) is 0 Å². The number of nitrogens with zero attached hydrogens (tertiary/aromatic N) is 2. The molecule has 0 saturated carbocycles. The van der Waals surface area contributed by atoms with E-state index >= 15 is 0 Å². The Morgan fingerprint density at radius 1 is 1.42 bits per heavy atom. The van der Waals surface area contributed by atoms with Crippen LogP contribution in [-0.4, -0.2) is 20.7 Å². The van der Waals surface area contributed by atoms with Gasteiger partial charge in [0.2, 0.25) is 5.91 Å². The van der Waals surface area contributed by atoms with Crippen LogP contribution in [0.25, 0.3) is 0 Å². The van der Waals surface area contributed by atoms with Gasteiger partial charge in [-0.3, -0.25) is 9.89 Å². The van der Waals surface area contributed by atoms with E-state index < -0.39 is 0 Å². The molecule has 0 spiro atoms. The number of hydrogen-bond acceptors (Lipinski definition) is 2. The molecule has 2 rings (SSSR count). The van der Waals surface area contributed by atoms with Crippen LogP contribution in [-0.2, 0) is 11.3 Å². The van der Waals surface area contributed by atoms with Crippen molar-refractivity contribution in [3.05, 3.63) is 41.5 Å². The molecular weight excluding hydrogens is 240 g/mol. The monoisotopic (exact) mass is 260 g/mol. The van der Waals surface area contributed by atoms with E-state index in [9.17, 15) is 4.79 Å². The second kappa shape index (κ2) is 5.73. The topological polar surface area (TPSA) is 62.7 Å². The molecule has 2 heterocycles. The van der Waals surface area contributed by atoms with E-state index in [1.54, 1.807) is 0 Å². The number of carbonyl (C=O) groups excluding carboxylic acids is 1. The highest BCUT2D eigenvalue weighted by atomic mass is 16.2. The van der Waals surface area contributed by atoms with Gasteiger partial charge in [-0.1, -0.05) is 6.92 Å². The highest BCUT2D eigenvalue weighted by Gasteiger charge is 2.17. The van der Waals surface area contributed by atoms with Gasteiger partial charge in [-0.05, 0) is 32.4 Å². The van der Waals surface area contributed by atoms with Crippen molar-refractivity contribution in [2.24, 2.45) is 0 Å². The summed E-state index contributed by atoms with van der Waals surface area (Å²) < 4.78 is 1.93. The van der Waals surface area contributed by atoms with Gasteiger partial charge in [0.1, 0.15) is 6.04 Å². The standard InChI is InChI=1S/C14H20N4O/c1-4-13(18-7-5-6-8-18)14(19)15-9-12-10(2)16-17-11(12)3/h5-8,13H,4,9H2,1-3H3,(H,15,19)(H,16,17)/t13-/m1/s1. The number of rotatable bonds is 5. The van der Waals surface area contributed by atoms with Crippen molar-refractivity contribution in [3.63, 3.8) is 0 Å². The summed E-state index contributed by atoms with van der Waals surface area (Å²) in [4.78, 5) is 12.2. The first-order chi connectivity index (χ1) is 9.13. The van der Waals surface area contributed by atoms with Gasteiger partial charge in [-0.25, -0.2) is 0 Å². The molecule has 0 radical (unpaired) electrons. The molecule has 0 aliphatic heterocycles. The summed E-state index contributed by atoms with van der Waals surface area (Å²) in [5.41, 5.74) is 3.01. The van der Waals surface area contributed by atoms with Crippen molar-refractivity contribution >= 4 is 5.91 Å². The summed E-state index contributed by atoms with van der Waals surface area (Å²) >= 11 is 0. The minimum Gasteiger partial charge on any atom is -0.350 e. The summed E-state index contributed by atoms with van der Waals surface area (Å²) in [6.45, 7) is 6.43. The second-order valence-electron chi connectivity index (χ2n) is 4.68. The molecule has 5 nitrogen and oxygen atoms in total. The summed E-state index contributed by atoms with van der Waals surface area (Å²) in [6, 6.07) is 3.71. The van der Waals surface area contributed by atoms with Gasteiger partial charge in [-0.15, -0.1) is 0 Å². The van der Waals surface area contributed by atoms with Gasteiger partial charge in [-0.2, -0.15) is 5.10 Å². The molecule has 102 valence electrons. The zero-order valence-electron chi connectivity index (χ0n) is 11.6. The van der Waals surface area contributed by atoms with Crippen LogP contribution in [0.4, 0.5) is 0 Å². The molecule has 2 aromatic rings. The molecule has 0 bridgehead atoms. The van der Waals surface area contributed by atoms with E-state index in [0.29, 0.717) is 6.54 Å². The molecule has 0 fully saturated rings. The molecule has 2 N–H and O–H groups in total. The molecule has 19 heavy (non-hydrogen) atoms. The summed E-state index contributed by atoms with van der Waals surface area (Å²) in [7, 11) is 0. The van der Waals surface area contributed by atoms with Crippen LogP contribution in [0.2, 0.25) is 0 Å². The largest absolute Gasteiger partial charge is 0.350 e. The van der Waals surface area contributed by atoms with Crippen molar-refractivity contribution in [1.82, 2.24) is 20.1 Å². The lowest BCUT2D eigenvalue weighted by Gasteiger charge is -2.16. The lowest BCUT2D eigenvalue weighted by Crippen LogP contribution is -2.31. The Balaban J connectivity index is 2.01. The van der Waals surface area contributed by atoms with Crippen molar-refractivity contribution in [3.8, 4) is 0 Å². The summed E-state index contributed by atoms with van der Waals surface area (Å²) in [5.74, 6) is 0.0405. The van der Waals surface area contributed by atoms with Crippen LogP contribution in [0.3, 0.4) is 0 Å². The van der Waals surface area contributed by atoms with E-state index in [4.69, 9.17) is 0 Å². The minimum absolute atomic E-state index is 0.0405. The van der Waals surface area contributed by atoms with Crippen LogP contribution >= 0.6 is 0 Å². The third-order valence-electron chi connectivity index (χ3n) is 3.40. The summed E-state index contributed by atoms with van der Waals surface area (Å²) in [6.07, 6.45) is 4.61. The fraction of sp³-hybridized carbons (Fsp3) is 0.429. The number of aromatic nitrogens is 3. The molecule has 2 aromatic heterocycles. The minimum atomic E-state index is -0.150. The molecule has 5 heteroatoms. The number of amides is 1. The third kappa shape index (κ3) is 2.86. The van der Waals surface area contributed by atoms with E-state index in [1.807, 2.05) is 49.9 Å². The second-order valence-corrected chi connectivity index (χ2v) is 4.68. The first-order valence-corrected chi connectivity index (χ1v) is 6.54. The lowest BCUT2D eigenvalue weighted by atomic mass is 10.1. The smallest absolute Gasteiger partial charge is 0.243 e. The van der Waals surface area contributed by atoms with Crippen LogP contribution < -0.4 is 5.32 Å². The number of carbonyl (C=O) groups is 1. The Hall–Kier alpha value is -2.04. The van der Waals surface area contributed by atoms with E-state index in [-0.39, 0.29) is 11.9 Å². The van der Waals surface area contributed by atoms with Gasteiger partial charge in [0.25, 0.3) is 0 Å². The predicted molar refractivity (Wildman–Crippen MR) is 73.7 cm³/mol. The van der Waals surface area contributed by atoms with Crippen molar-refractivity contribution in [2.75, 3.05) is 0 Å². The van der Waals surface area contributed by atoms with Gasteiger partial charge < -0.3 is 9.88 Å². The first kappa shape index (κ1) is 13.4. The van der Waals surface area contributed by atoms with Crippen molar-refractivity contribution < 1.29 is 4.79 Å². The number of H-pyrrole nitrogens is 1. The number of aryl methyl sites for hydroxylation is 2. The molecule has 0 aliphatic carbocycles. The molecule has 1 amide bonds. The van der Waals surface area contributed by atoms with Gasteiger partial charge in [0, 0.05) is 30.2 Å². The van der Waals surface area contributed by atoms with Crippen LogP contribution in [0, 0.1) is 13.8 Å². The fourth-order valence-corrected chi connectivity index (χ4v) is 2.22. The summed E-state index contributed by atoms with van der Waals surface area (Å²) in [5, 5.41) is 10.0. The molecular formula is C14H20N4O. The van der Waals surface area contributed by atoms with E-state index in [0.717, 1.165) is 23.4 Å². The Morgan fingerprint density at radius 2 is 2.11 bits per heavy atom. The number of hydrogen-bond donors (Lipinski definition) is 2. The lowest BCUT2D eigenvalue weighted by molar-refractivity contribution is -0.124. The molecule has 1 atom stereocenters. The van der Waals surface area contributed by atoms with E-state index in [2.05, 4.69) is 15.5 Å². The average Bonchev–Trinajstić information content (AvgIpc) is 3.00. The van der Waals surface area contributed by atoms with Crippen LogP contribution in [0.1, 0.15) is 36.3 Å². The van der Waals surface area contributed by atoms with E-state index in [1.165, 1.54) is 0 Å². The SMILES string of the molecule is CC[C@H](C(=O)NCc1c(C)n[nH]c1C)n1cccc1. The maximum absolute atomic E-state index is 12.2. The Morgan fingerprint density at radius 3 is 2.63 bits per heavy atom. The molecule has 0 aromatic carbocycles. The molecule has 0 saturated heterocycles. The first-order valence-electron chi connectivity index (χ1n) is 6.54. The highest BCUT2D eigenvalue weighted by molar-refractivity contribution is 5.80. The van der Waals surface area contributed by atoms with Crippen LogP contribution in [0.5, 0.6) is 0 Å². The Kier molecular flexibility index (Phi) is 4.04. The van der Waals surface area contributed by atoms with Crippen LogP contribution in [0.15, 0.2) is 24.5 Å². The van der Waals surface area contributed by atoms with Crippen molar-refractivity contribution in [2.45, 2.75) is 39.8 Å². The maximum atomic E-state index is 12.2. The quantitative estimate of drug-likeness (QED) is 0.864. The molecule has 0 unspecified atom stereocenters. The Bertz CT molecular complexity index is 522. The number of aromatic amines is 1. The molecule has 0 aliphatic rings. The number of nitrogens with one attached hydrogen (secondary N) is 2. The Labute approximate surface area is 113 Å².